The summed E-state index contributed by atoms with van der Waals surface area (Å²) in [7, 11) is 0. The first-order valence-electron chi connectivity index (χ1n) is 7.54. The van der Waals surface area contributed by atoms with E-state index in [4.69, 9.17) is 4.74 Å². The number of pyridine rings is 1. The molecule has 0 aliphatic rings. The summed E-state index contributed by atoms with van der Waals surface area (Å²) in [5, 5.41) is 3.43. The highest BCUT2D eigenvalue weighted by Gasteiger charge is 2.07. The minimum atomic E-state index is 0.264. The van der Waals surface area contributed by atoms with E-state index in [-0.39, 0.29) is 6.04 Å². The fraction of sp³-hybridized carbons (Fsp3) is 0.389. The van der Waals surface area contributed by atoms with Gasteiger partial charge in [-0.15, -0.1) is 0 Å². The van der Waals surface area contributed by atoms with Gasteiger partial charge in [0.2, 0.25) is 0 Å². The van der Waals surface area contributed by atoms with Crippen LogP contribution in [0.3, 0.4) is 0 Å². The van der Waals surface area contributed by atoms with Crippen LogP contribution in [0, 0.1) is 13.8 Å². The molecule has 3 heteroatoms. The van der Waals surface area contributed by atoms with Crippen LogP contribution in [-0.4, -0.2) is 11.5 Å². The number of nitrogens with zero attached hydrogens (tertiary/aromatic N) is 1. The van der Waals surface area contributed by atoms with Crippen molar-refractivity contribution >= 4 is 0 Å². The van der Waals surface area contributed by atoms with Gasteiger partial charge in [-0.25, -0.2) is 0 Å². The van der Waals surface area contributed by atoms with Crippen molar-refractivity contribution < 1.29 is 4.74 Å². The van der Waals surface area contributed by atoms with Gasteiger partial charge >= 0.3 is 0 Å². The van der Waals surface area contributed by atoms with E-state index in [1.54, 1.807) is 6.20 Å². The Hall–Kier alpha value is -1.87. The van der Waals surface area contributed by atoms with E-state index in [0.717, 1.165) is 35.7 Å². The highest BCUT2D eigenvalue weighted by atomic mass is 16.5. The highest BCUT2D eigenvalue weighted by Crippen LogP contribution is 2.26. The third-order valence-electron chi connectivity index (χ3n) is 3.47. The second-order valence-electron chi connectivity index (χ2n) is 5.47. The third kappa shape index (κ3) is 4.30. The van der Waals surface area contributed by atoms with Crippen molar-refractivity contribution in [1.82, 2.24) is 10.3 Å². The van der Waals surface area contributed by atoms with Crippen LogP contribution in [0.25, 0.3) is 0 Å². The van der Waals surface area contributed by atoms with E-state index in [1.165, 1.54) is 5.56 Å². The van der Waals surface area contributed by atoms with Crippen molar-refractivity contribution in [3.05, 3.63) is 53.3 Å². The summed E-state index contributed by atoms with van der Waals surface area (Å²) >= 11 is 0. The number of hydrogen-bond donors (Lipinski definition) is 1. The molecule has 2 rings (SSSR count). The summed E-state index contributed by atoms with van der Waals surface area (Å²) in [5.74, 6) is 1.66. The smallest absolute Gasteiger partial charge is 0.145 e. The van der Waals surface area contributed by atoms with E-state index >= 15 is 0 Å². The van der Waals surface area contributed by atoms with Gasteiger partial charge in [-0.2, -0.15) is 0 Å². The maximum absolute atomic E-state index is 5.92. The fourth-order valence-corrected chi connectivity index (χ4v) is 2.12. The lowest BCUT2D eigenvalue weighted by Crippen LogP contribution is -2.20. The van der Waals surface area contributed by atoms with Crippen molar-refractivity contribution in [2.75, 3.05) is 6.54 Å². The maximum atomic E-state index is 5.92. The van der Waals surface area contributed by atoms with Crippen LogP contribution in [0.15, 0.2) is 36.5 Å². The standard InChI is InChI=1S/C18H24N2O/c1-5-10-19-15(4)17-9-8-16(12-20-17)21-18-11-13(2)6-7-14(18)3/h6-9,11-12,15,19H,5,10H2,1-4H3. The van der Waals surface area contributed by atoms with Gasteiger partial charge in [0.25, 0.3) is 0 Å². The van der Waals surface area contributed by atoms with Gasteiger partial charge in [0.15, 0.2) is 0 Å². The molecule has 0 aliphatic heterocycles. The normalized spacial score (nSPS) is 12.2. The molecule has 21 heavy (non-hydrogen) atoms. The molecule has 1 aromatic carbocycles. The van der Waals surface area contributed by atoms with Crippen molar-refractivity contribution in [3.63, 3.8) is 0 Å². The van der Waals surface area contributed by atoms with Gasteiger partial charge in [-0.1, -0.05) is 19.1 Å². The average Bonchev–Trinajstić information content (AvgIpc) is 2.49. The molecule has 0 saturated heterocycles. The van der Waals surface area contributed by atoms with Crippen molar-refractivity contribution in [2.45, 2.75) is 40.2 Å². The predicted molar refractivity (Wildman–Crippen MR) is 86.9 cm³/mol. The molecule has 1 N–H and O–H groups in total. The van der Waals surface area contributed by atoms with E-state index in [2.05, 4.69) is 49.3 Å². The molecule has 112 valence electrons. The van der Waals surface area contributed by atoms with Crippen molar-refractivity contribution in [1.29, 1.82) is 0 Å². The zero-order valence-electron chi connectivity index (χ0n) is 13.3. The van der Waals surface area contributed by atoms with Crippen LogP contribution in [0.5, 0.6) is 11.5 Å². The Balaban J connectivity index is 2.07. The van der Waals surface area contributed by atoms with Crippen LogP contribution in [0.1, 0.15) is 43.1 Å². The number of ether oxygens (including phenoxy) is 1. The molecule has 0 aliphatic carbocycles. The molecular formula is C18H24N2O. The first-order chi connectivity index (χ1) is 10.1. The van der Waals surface area contributed by atoms with Crippen molar-refractivity contribution in [2.24, 2.45) is 0 Å². The minimum absolute atomic E-state index is 0.264. The Kier molecular flexibility index (Phi) is 5.34. The Bertz CT molecular complexity index is 578. The molecule has 0 bridgehead atoms. The van der Waals surface area contributed by atoms with Crippen LogP contribution in [0.4, 0.5) is 0 Å². The van der Waals surface area contributed by atoms with E-state index in [9.17, 15) is 0 Å². The Morgan fingerprint density at radius 1 is 1.19 bits per heavy atom. The van der Waals surface area contributed by atoms with Gasteiger partial charge < -0.3 is 10.1 Å². The second kappa shape index (κ2) is 7.23. The molecule has 1 unspecified atom stereocenters. The molecule has 1 atom stereocenters. The SMILES string of the molecule is CCCNC(C)c1ccc(Oc2cc(C)ccc2C)cn1. The van der Waals surface area contributed by atoms with Crippen LogP contribution in [0.2, 0.25) is 0 Å². The summed E-state index contributed by atoms with van der Waals surface area (Å²) in [6.07, 6.45) is 2.92. The van der Waals surface area contributed by atoms with Gasteiger partial charge in [0.05, 0.1) is 11.9 Å². The van der Waals surface area contributed by atoms with Gasteiger partial charge in [-0.05, 0) is 63.1 Å². The topological polar surface area (TPSA) is 34.1 Å². The largest absolute Gasteiger partial charge is 0.455 e. The number of aryl methyl sites for hydroxylation is 2. The Labute approximate surface area is 127 Å². The number of nitrogens with one attached hydrogen (secondary N) is 1. The lowest BCUT2D eigenvalue weighted by molar-refractivity contribution is 0.474. The van der Waals surface area contributed by atoms with E-state index in [0.29, 0.717) is 0 Å². The third-order valence-corrected chi connectivity index (χ3v) is 3.47. The van der Waals surface area contributed by atoms with E-state index in [1.807, 2.05) is 19.1 Å². The predicted octanol–water partition coefficient (Wildman–Crippen LogP) is 4.55. The number of hydrogen-bond acceptors (Lipinski definition) is 3. The average molecular weight is 284 g/mol. The summed E-state index contributed by atoms with van der Waals surface area (Å²) in [5.41, 5.74) is 3.36. The second-order valence-corrected chi connectivity index (χ2v) is 5.47. The Morgan fingerprint density at radius 3 is 2.67 bits per heavy atom. The van der Waals surface area contributed by atoms with Crippen LogP contribution < -0.4 is 10.1 Å². The Morgan fingerprint density at radius 2 is 2.00 bits per heavy atom. The molecule has 0 spiro atoms. The summed E-state index contributed by atoms with van der Waals surface area (Å²) in [4.78, 5) is 4.49. The highest BCUT2D eigenvalue weighted by molar-refractivity contribution is 5.39. The zero-order chi connectivity index (χ0) is 15.2. The molecule has 2 aromatic rings. The summed E-state index contributed by atoms with van der Waals surface area (Å²) in [6, 6.07) is 10.5. The first kappa shape index (κ1) is 15.5. The molecule has 1 heterocycles. The summed E-state index contributed by atoms with van der Waals surface area (Å²) in [6.45, 7) is 9.41. The van der Waals surface area contributed by atoms with E-state index < -0.39 is 0 Å². The van der Waals surface area contributed by atoms with Crippen LogP contribution in [-0.2, 0) is 0 Å². The molecular weight excluding hydrogens is 260 g/mol. The molecule has 0 radical (unpaired) electrons. The van der Waals surface area contributed by atoms with Gasteiger partial charge in [0.1, 0.15) is 11.5 Å². The first-order valence-corrected chi connectivity index (χ1v) is 7.54. The van der Waals surface area contributed by atoms with Crippen LogP contribution >= 0.6 is 0 Å². The van der Waals surface area contributed by atoms with Crippen molar-refractivity contribution in [3.8, 4) is 11.5 Å². The van der Waals surface area contributed by atoms with Gasteiger partial charge in [0, 0.05) is 6.04 Å². The maximum Gasteiger partial charge on any atom is 0.145 e. The van der Waals surface area contributed by atoms with Gasteiger partial charge in [-0.3, -0.25) is 4.98 Å². The minimum Gasteiger partial charge on any atom is -0.455 e. The molecule has 0 fully saturated rings. The molecule has 1 aromatic heterocycles. The number of rotatable bonds is 6. The molecule has 0 saturated carbocycles. The fourth-order valence-electron chi connectivity index (χ4n) is 2.12. The quantitative estimate of drug-likeness (QED) is 0.845. The molecule has 3 nitrogen and oxygen atoms in total. The monoisotopic (exact) mass is 284 g/mol. The zero-order valence-corrected chi connectivity index (χ0v) is 13.3. The lowest BCUT2D eigenvalue weighted by atomic mass is 10.1. The summed E-state index contributed by atoms with van der Waals surface area (Å²) < 4.78 is 5.92. The molecule has 0 amide bonds. The lowest BCUT2D eigenvalue weighted by Gasteiger charge is -2.14. The number of benzene rings is 1. The number of aromatic nitrogens is 1.